The molecule has 0 spiro atoms. The second-order valence-electron chi connectivity index (χ2n) is 5.13. The Bertz CT molecular complexity index is 492. The highest BCUT2D eigenvalue weighted by Gasteiger charge is 2.22. The average Bonchev–Trinajstić information content (AvgIpc) is 3.34. The molecule has 1 aromatic carbocycles. The Labute approximate surface area is 154 Å². The molecule has 0 aromatic heterocycles. The molecule has 3 N–H and O–H groups in total. The van der Waals surface area contributed by atoms with Gasteiger partial charge in [0.2, 0.25) is 5.91 Å². The Morgan fingerprint density at radius 3 is 2.65 bits per heavy atom. The topological polar surface area (TPSA) is 74.8 Å². The Kier molecular flexibility index (Phi) is 9.42. The number of carbonyl (C=O) groups is 1. The lowest BCUT2D eigenvalue weighted by atomic mass is 10.3. The number of nitrogens with zero attached hydrogens (tertiary/aromatic N) is 1. The highest BCUT2D eigenvalue weighted by molar-refractivity contribution is 14.0. The van der Waals surface area contributed by atoms with Crippen LogP contribution in [0, 0.1) is 0 Å². The predicted molar refractivity (Wildman–Crippen MR) is 102 cm³/mol. The molecule has 1 fully saturated rings. The number of halogens is 1. The molecule has 7 heteroatoms. The number of hydrogen-bond acceptors (Lipinski definition) is 3. The van der Waals surface area contributed by atoms with E-state index in [1.165, 1.54) is 0 Å². The van der Waals surface area contributed by atoms with Crippen molar-refractivity contribution in [3.8, 4) is 5.75 Å². The van der Waals surface area contributed by atoms with E-state index in [0.717, 1.165) is 25.1 Å². The van der Waals surface area contributed by atoms with Crippen molar-refractivity contribution in [3.05, 3.63) is 30.3 Å². The fourth-order valence-electron chi connectivity index (χ4n) is 1.85. The molecule has 6 nitrogen and oxygen atoms in total. The van der Waals surface area contributed by atoms with Crippen molar-refractivity contribution in [1.82, 2.24) is 16.0 Å². The van der Waals surface area contributed by atoms with Gasteiger partial charge in [-0.3, -0.25) is 4.79 Å². The highest BCUT2D eigenvalue weighted by atomic mass is 127. The van der Waals surface area contributed by atoms with Crippen molar-refractivity contribution in [2.75, 3.05) is 26.2 Å². The van der Waals surface area contributed by atoms with Gasteiger partial charge in [0, 0.05) is 12.6 Å². The summed E-state index contributed by atoms with van der Waals surface area (Å²) in [5, 5.41) is 9.17. The first-order valence-electron chi connectivity index (χ1n) is 7.77. The van der Waals surface area contributed by atoms with Crippen molar-refractivity contribution < 1.29 is 9.53 Å². The molecule has 1 aliphatic rings. The molecule has 128 valence electrons. The molecular formula is C16H25IN4O2. The summed E-state index contributed by atoms with van der Waals surface area (Å²) >= 11 is 0. The predicted octanol–water partition coefficient (Wildman–Crippen LogP) is 1.52. The van der Waals surface area contributed by atoms with E-state index >= 15 is 0 Å². The Balaban J connectivity index is 0.00000264. The summed E-state index contributed by atoms with van der Waals surface area (Å²) in [6.45, 7) is 4.02. The van der Waals surface area contributed by atoms with Crippen LogP contribution in [0.4, 0.5) is 0 Å². The summed E-state index contributed by atoms with van der Waals surface area (Å²) in [6.07, 6.45) is 2.18. The van der Waals surface area contributed by atoms with Gasteiger partial charge in [-0.2, -0.15) is 0 Å². The lowest BCUT2D eigenvalue weighted by Crippen LogP contribution is -2.40. The van der Waals surface area contributed by atoms with Crippen LogP contribution < -0.4 is 20.7 Å². The zero-order valence-electron chi connectivity index (χ0n) is 13.4. The molecule has 1 amide bonds. The van der Waals surface area contributed by atoms with Crippen LogP contribution in [-0.2, 0) is 4.79 Å². The summed E-state index contributed by atoms with van der Waals surface area (Å²) in [5.74, 6) is 1.44. The van der Waals surface area contributed by atoms with E-state index in [9.17, 15) is 4.79 Å². The van der Waals surface area contributed by atoms with Gasteiger partial charge in [0.05, 0.1) is 6.54 Å². The standard InChI is InChI=1S/C16H24N4O2.HI/c1-2-17-16(19-12-15(21)20-13-8-9-13)18-10-11-22-14-6-4-3-5-7-14;/h3-7,13H,2,8-12H2,1H3,(H,20,21)(H2,17,18,19);1H. The minimum Gasteiger partial charge on any atom is -0.492 e. The molecule has 0 unspecified atom stereocenters. The third kappa shape index (κ3) is 8.63. The second kappa shape index (κ2) is 11.1. The molecule has 0 radical (unpaired) electrons. The van der Waals surface area contributed by atoms with Crippen LogP contribution in [0.25, 0.3) is 0 Å². The molecule has 0 saturated heterocycles. The summed E-state index contributed by atoms with van der Waals surface area (Å²) < 4.78 is 5.60. The lowest BCUT2D eigenvalue weighted by Gasteiger charge is -2.12. The first-order chi connectivity index (χ1) is 10.8. The Hall–Kier alpha value is -1.51. The van der Waals surface area contributed by atoms with Gasteiger partial charge in [-0.15, -0.1) is 24.0 Å². The molecule has 23 heavy (non-hydrogen) atoms. The smallest absolute Gasteiger partial charge is 0.242 e. The first-order valence-corrected chi connectivity index (χ1v) is 7.77. The van der Waals surface area contributed by atoms with Crippen molar-refractivity contribution >= 4 is 35.8 Å². The zero-order chi connectivity index (χ0) is 15.6. The highest BCUT2D eigenvalue weighted by Crippen LogP contribution is 2.18. The van der Waals surface area contributed by atoms with Crippen LogP contribution in [0.5, 0.6) is 5.75 Å². The maximum atomic E-state index is 11.6. The van der Waals surface area contributed by atoms with Gasteiger partial charge in [0.1, 0.15) is 18.9 Å². The van der Waals surface area contributed by atoms with E-state index in [2.05, 4.69) is 20.9 Å². The quantitative estimate of drug-likeness (QED) is 0.252. The largest absolute Gasteiger partial charge is 0.492 e. The van der Waals surface area contributed by atoms with Crippen molar-refractivity contribution in [2.24, 2.45) is 4.99 Å². The molecule has 1 saturated carbocycles. The number of benzene rings is 1. The van der Waals surface area contributed by atoms with Crippen LogP contribution in [0.15, 0.2) is 35.3 Å². The molecule has 1 aromatic rings. The van der Waals surface area contributed by atoms with E-state index in [4.69, 9.17) is 4.74 Å². The maximum Gasteiger partial charge on any atom is 0.242 e. The van der Waals surface area contributed by atoms with Crippen molar-refractivity contribution in [2.45, 2.75) is 25.8 Å². The number of amides is 1. The molecule has 0 aliphatic heterocycles. The monoisotopic (exact) mass is 432 g/mol. The molecule has 0 bridgehead atoms. The number of guanidine groups is 1. The molecule has 0 atom stereocenters. The van der Waals surface area contributed by atoms with Crippen LogP contribution in [0.1, 0.15) is 19.8 Å². The number of nitrogens with one attached hydrogen (secondary N) is 3. The number of carbonyl (C=O) groups excluding carboxylic acids is 1. The lowest BCUT2D eigenvalue weighted by molar-refractivity contribution is -0.119. The van der Waals surface area contributed by atoms with E-state index < -0.39 is 0 Å². The van der Waals surface area contributed by atoms with E-state index in [1.807, 2.05) is 37.3 Å². The van der Waals surface area contributed by atoms with Crippen LogP contribution in [-0.4, -0.2) is 44.1 Å². The van der Waals surface area contributed by atoms with Crippen LogP contribution in [0.2, 0.25) is 0 Å². The van der Waals surface area contributed by atoms with E-state index in [1.54, 1.807) is 0 Å². The number of para-hydroxylation sites is 1. The van der Waals surface area contributed by atoms with Gasteiger partial charge >= 0.3 is 0 Å². The average molecular weight is 432 g/mol. The van der Waals surface area contributed by atoms with Gasteiger partial charge in [0.25, 0.3) is 0 Å². The summed E-state index contributed by atoms with van der Waals surface area (Å²) in [4.78, 5) is 15.9. The maximum absolute atomic E-state index is 11.6. The van der Waals surface area contributed by atoms with Crippen LogP contribution in [0.3, 0.4) is 0 Å². The fraction of sp³-hybridized carbons (Fsp3) is 0.500. The molecule has 2 rings (SSSR count). The minimum absolute atomic E-state index is 0. The van der Waals surface area contributed by atoms with Gasteiger partial charge in [0.15, 0.2) is 5.96 Å². The van der Waals surface area contributed by atoms with Gasteiger partial charge in [-0.1, -0.05) is 18.2 Å². The second-order valence-corrected chi connectivity index (χ2v) is 5.13. The van der Waals surface area contributed by atoms with Crippen molar-refractivity contribution in [1.29, 1.82) is 0 Å². The van der Waals surface area contributed by atoms with Gasteiger partial charge < -0.3 is 20.7 Å². The SMILES string of the molecule is CCNC(=NCC(=O)NC1CC1)NCCOc1ccccc1.I. The summed E-state index contributed by atoms with van der Waals surface area (Å²) in [5.41, 5.74) is 0. The van der Waals surface area contributed by atoms with Gasteiger partial charge in [-0.05, 0) is 31.9 Å². The van der Waals surface area contributed by atoms with Crippen LogP contribution >= 0.6 is 24.0 Å². The summed E-state index contributed by atoms with van der Waals surface area (Å²) in [6, 6.07) is 10.0. The van der Waals surface area contributed by atoms with E-state index in [0.29, 0.717) is 25.2 Å². The molecular weight excluding hydrogens is 407 g/mol. The third-order valence-corrected chi connectivity index (χ3v) is 3.07. The Morgan fingerprint density at radius 1 is 1.26 bits per heavy atom. The normalized spacial score (nSPS) is 13.7. The zero-order valence-corrected chi connectivity index (χ0v) is 15.7. The minimum atomic E-state index is -0.0276. The molecule has 0 heterocycles. The third-order valence-electron chi connectivity index (χ3n) is 3.07. The summed E-state index contributed by atoms with van der Waals surface area (Å²) in [7, 11) is 0. The number of ether oxygens (including phenoxy) is 1. The number of hydrogen-bond donors (Lipinski definition) is 3. The molecule has 1 aliphatic carbocycles. The van der Waals surface area contributed by atoms with E-state index in [-0.39, 0.29) is 36.4 Å². The number of rotatable bonds is 8. The van der Waals surface area contributed by atoms with Crippen molar-refractivity contribution in [3.63, 3.8) is 0 Å². The number of aliphatic imine (C=N–C) groups is 1. The Morgan fingerprint density at radius 2 is 2.00 bits per heavy atom. The fourth-order valence-corrected chi connectivity index (χ4v) is 1.85. The first kappa shape index (κ1) is 19.5. The van der Waals surface area contributed by atoms with Gasteiger partial charge in [-0.25, -0.2) is 4.99 Å².